The molecule has 48 heavy (non-hydrogen) atoms. The summed E-state index contributed by atoms with van der Waals surface area (Å²) < 4.78 is 34.3. The van der Waals surface area contributed by atoms with Crippen molar-refractivity contribution < 1.29 is 37.3 Å². The second-order valence-corrected chi connectivity index (χ2v) is 15.4. The third-order valence-electron chi connectivity index (χ3n) is 7.95. The number of nitrogens with zero attached hydrogens (tertiary/aromatic N) is 1. The van der Waals surface area contributed by atoms with Gasteiger partial charge in [-0.05, 0) is 51.4 Å². The minimum Gasteiger partial charge on any atom is -0.457 e. The molecule has 9 heteroatoms. The van der Waals surface area contributed by atoms with Crippen LogP contribution in [0, 0.1) is 0 Å². The third kappa shape index (κ3) is 36.0. The van der Waals surface area contributed by atoms with E-state index in [1.165, 1.54) is 89.9 Å². The molecule has 0 aromatic heterocycles. The second kappa shape index (κ2) is 32.9. The van der Waals surface area contributed by atoms with E-state index in [4.69, 9.17) is 18.5 Å². The molecule has 0 rings (SSSR count). The fraction of sp³-hybridized carbons (Fsp3) is 0.821. The van der Waals surface area contributed by atoms with Crippen LogP contribution in [0.1, 0.15) is 149 Å². The van der Waals surface area contributed by atoms with Crippen molar-refractivity contribution in [2.75, 3.05) is 54.1 Å². The molecule has 0 aromatic carbocycles. The molecule has 0 saturated carbocycles. The van der Waals surface area contributed by atoms with Crippen LogP contribution in [-0.4, -0.2) is 75.6 Å². The number of quaternary nitrogens is 1. The highest BCUT2D eigenvalue weighted by Gasteiger charge is 2.26. The first-order valence-corrected chi connectivity index (χ1v) is 20.7. The van der Waals surface area contributed by atoms with Crippen molar-refractivity contribution in [3.05, 3.63) is 36.5 Å². The lowest BCUT2D eigenvalue weighted by Crippen LogP contribution is -2.37. The van der Waals surface area contributed by atoms with Crippen LogP contribution in [0.15, 0.2) is 36.5 Å². The molecule has 282 valence electrons. The smallest absolute Gasteiger partial charge is 0.457 e. The zero-order valence-electron chi connectivity index (χ0n) is 31.7. The summed E-state index contributed by atoms with van der Waals surface area (Å²) >= 11 is 0. The summed E-state index contributed by atoms with van der Waals surface area (Å²) in [6, 6.07) is 0. The van der Waals surface area contributed by atoms with Crippen molar-refractivity contribution in [2.24, 2.45) is 0 Å². The van der Waals surface area contributed by atoms with E-state index in [1.807, 2.05) is 28.1 Å². The van der Waals surface area contributed by atoms with Gasteiger partial charge >= 0.3 is 13.8 Å². The molecule has 0 amide bonds. The van der Waals surface area contributed by atoms with Crippen LogP contribution in [0.4, 0.5) is 0 Å². The van der Waals surface area contributed by atoms with Crippen molar-refractivity contribution in [1.29, 1.82) is 0 Å². The molecule has 0 fully saturated rings. The Kier molecular flexibility index (Phi) is 32.0. The Balaban J connectivity index is 3.85. The average Bonchev–Trinajstić information content (AvgIpc) is 3.03. The molecule has 1 N–H and O–H groups in total. The fourth-order valence-corrected chi connectivity index (χ4v) is 5.63. The SMILES string of the molecule is CCCCCCC/C=C\C/C=C\C/C=C\CCCCCCCCCCCOCC(COP(=O)(O)OCC[N+](C)(C)C)OC(=O)CCCC. The van der Waals surface area contributed by atoms with E-state index in [0.29, 0.717) is 24.1 Å². The maximum absolute atomic E-state index is 12.3. The molecule has 0 aliphatic rings. The maximum Gasteiger partial charge on any atom is 0.472 e. The summed E-state index contributed by atoms with van der Waals surface area (Å²) in [5.74, 6) is -0.352. The monoisotopic (exact) mass is 701 g/mol. The van der Waals surface area contributed by atoms with Crippen LogP contribution < -0.4 is 0 Å². The van der Waals surface area contributed by atoms with Gasteiger partial charge in [-0.25, -0.2) is 4.57 Å². The summed E-state index contributed by atoms with van der Waals surface area (Å²) in [4.78, 5) is 22.2. The minimum absolute atomic E-state index is 0.0859. The van der Waals surface area contributed by atoms with Gasteiger partial charge in [0.2, 0.25) is 0 Å². The standard InChI is InChI=1S/C39H74NO7P/c1-6-8-10-11-12-13-14-15-16-17-18-19-20-21-22-23-24-25-26-27-28-29-30-31-34-44-36-38(47-39(41)32-9-7-2)37-46-48(42,43)45-35-33-40(3,4)5/h14-15,17-18,20-21,38H,6-13,16,19,22-37H2,1-5H3/p+1/b15-14-,18-17-,21-20-. The largest absolute Gasteiger partial charge is 0.472 e. The number of rotatable bonds is 35. The van der Waals surface area contributed by atoms with E-state index in [9.17, 15) is 14.3 Å². The summed E-state index contributed by atoms with van der Waals surface area (Å²) in [5.41, 5.74) is 0. The number of unbranched alkanes of at least 4 members (excludes halogenated alkanes) is 15. The lowest BCUT2D eigenvalue weighted by atomic mass is 10.1. The first-order chi connectivity index (χ1) is 23.1. The molecule has 0 bridgehead atoms. The van der Waals surface area contributed by atoms with E-state index < -0.39 is 13.9 Å². The van der Waals surface area contributed by atoms with Crippen molar-refractivity contribution >= 4 is 13.8 Å². The van der Waals surface area contributed by atoms with Crippen molar-refractivity contribution in [3.63, 3.8) is 0 Å². The van der Waals surface area contributed by atoms with Crippen LogP contribution in [0.5, 0.6) is 0 Å². The first-order valence-electron chi connectivity index (χ1n) is 19.2. The van der Waals surface area contributed by atoms with Gasteiger partial charge in [0.1, 0.15) is 19.3 Å². The van der Waals surface area contributed by atoms with Gasteiger partial charge in [-0.15, -0.1) is 0 Å². The topological polar surface area (TPSA) is 91.3 Å². The lowest BCUT2D eigenvalue weighted by Gasteiger charge is -2.24. The van der Waals surface area contributed by atoms with Crippen molar-refractivity contribution in [3.8, 4) is 0 Å². The number of allylic oxidation sites excluding steroid dienone is 6. The van der Waals surface area contributed by atoms with Crippen molar-refractivity contribution in [2.45, 2.75) is 155 Å². The van der Waals surface area contributed by atoms with Crippen LogP contribution in [-0.2, 0) is 27.9 Å². The molecule has 2 unspecified atom stereocenters. The number of carbonyl (C=O) groups excluding carboxylic acids is 1. The van der Waals surface area contributed by atoms with E-state index in [-0.39, 0.29) is 25.8 Å². The number of hydrogen-bond acceptors (Lipinski definition) is 6. The van der Waals surface area contributed by atoms with Crippen LogP contribution in [0.3, 0.4) is 0 Å². The highest BCUT2D eigenvalue weighted by molar-refractivity contribution is 7.47. The van der Waals surface area contributed by atoms with Gasteiger partial charge in [0.05, 0.1) is 34.4 Å². The molecule has 2 atom stereocenters. The van der Waals surface area contributed by atoms with E-state index in [1.54, 1.807) is 0 Å². The third-order valence-corrected chi connectivity index (χ3v) is 8.94. The van der Waals surface area contributed by atoms with Crippen LogP contribution in [0.25, 0.3) is 0 Å². The maximum atomic E-state index is 12.3. The molecule has 8 nitrogen and oxygen atoms in total. The van der Waals surface area contributed by atoms with E-state index in [2.05, 4.69) is 43.4 Å². The zero-order valence-corrected chi connectivity index (χ0v) is 32.6. The summed E-state index contributed by atoms with van der Waals surface area (Å²) in [6.07, 6.45) is 37.2. The molecule has 0 radical (unpaired) electrons. The Morgan fingerprint density at radius 2 is 1.15 bits per heavy atom. The van der Waals surface area contributed by atoms with Gasteiger partial charge in [-0.3, -0.25) is 13.8 Å². The first kappa shape index (κ1) is 46.7. The minimum atomic E-state index is -4.25. The quantitative estimate of drug-likeness (QED) is 0.0231. The highest BCUT2D eigenvalue weighted by Crippen LogP contribution is 2.43. The number of hydrogen-bond donors (Lipinski definition) is 1. The molecule has 0 saturated heterocycles. The Hall–Kier alpha value is -1.28. The molecular formula is C39H75NO7P+. The van der Waals surface area contributed by atoms with E-state index in [0.717, 1.165) is 38.5 Å². The van der Waals surface area contributed by atoms with E-state index >= 15 is 0 Å². The number of phosphoric ester groups is 1. The summed E-state index contributed by atoms with van der Waals surface area (Å²) in [6.45, 7) is 5.34. The predicted octanol–water partition coefficient (Wildman–Crippen LogP) is 10.7. The Labute approximate surface area is 295 Å². The number of phosphoric acid groups is 1. The van der Waals surface area contributed by atoms with Gasteiger partial charge in [0.25, 0.3) is 0 Å². The van der Waals surface area contributed by atoms with Crippen LogP contribution >= 0.6 is 7.82 Å². The molecule has 0 aliphatic carbocycles. The highest BCUT2D eigenvalue weighted by atomic mass is 31.2. The van der Waals surface area contributed by atoms with Gasteiger partial charge in [-0.1, -0.05) is 127 Å². The van der Waals surface area contributed by atoms with Gasteiger partial charge < -0.3 is 18.9 Å². The molecule has 0 aromatic rings. The number of likely N-dealkylation sites (N-methyl/N-ethyl adjacent to an activating group) is 1. The van der Waals surface area contributed by atoms with Crippen molar-refractivity contribution in [1.82, 2.24) is 0 Å². The van der Waals surface area contributed by atoms with Gasteiger partial charge in [0.15, 0.2) is 0 Å². The summed E-state index contributed by atoms with van der Waals surface area (Å²) in [5, 5.41) is 0. The number of ether oxygens (including phenoxy) is 2. The van der Waals surface area contributed by atoms with Crippen LogP contribution in [0.2, 0.25) is 0 Å². The fourth-order valence-electron chi connectivity index (χ4n) is 4.89. The normalized spacial score (nSPS) is 14.4. The molecule has 0 aliphatic heterocycles. The molecular weight excluding hydrogens is 625 g/mol. The Morgan fingerprint density at radius 1 is 0.646 bits per heavy atom. The molecule has 0 spiro atoms. The lowest BCUT2D eigenvalue weighted by molar-refractivity contribution is -0.870. The van der Waals surface area contributed by atoms with Gasteiger partial charge in [0, 0.05) is 13.0 Å². The second-order valence-electron chi connectivity index (χ2n) is 14.0. The number of carbonyl (C=O) groups is 1. The Morgan fingerprint density at radius 3 is 1.69 bits per heavy atom. The van der Waals surface area contributed by atoms with Gasteiger partial charge in [-0.2, -0.15) is 0 Å². The Bertz CT molecular complexity index is 869. The average molecular weight is 701 g/mol. The predicted molar refractivity (Wildman–Crippen MR) is 201 cm³/mol. The number of esters is 1. The summed E-state index contributed by atoms with van der Waals surface area (Å²) in [7, 11) is 1.65. The molecule has 0 heterocycles. The zero-order chi connectivity index (χ0) is 35.6.